The molecular formula is C25H48O2Sn. The monoisotopic (exact) mass is 501 g/mol. The number of unbranched alkanes of at least 4 members (excludes halogenated alkanes) is 3. The molecule has 2 unspecified atom stereocenters. The van der Waals surface area contributed by atoms with Gasteiger partial charge < -0.3 is 0 Å². The predicted octanol–water partition coefficient (Wildman–Crippen LogP) is 8.15. The van der Waals surface area contributed by atoms with Crippen LogP contribution in [0, 0.1) is 11.8 Å². The summed E-state index contributed by atoms with van der Waals surface area (Å²) in [6.07, 6.45) is 13.6. The molecule has 0 heterocycles. The van der Waals surface area contributed by atoms with E-state index in [2.05, 4.69) is 27.4 Å². The minimum absolute atomic E-state index is 0.133. The van der Waals surface area contributed by atoms with Gasteiger partial charge in [-0.25, -0.2) is 0 Å². The van der Waals surface area contributed by atoms with E-state index in [-0.39, 0.29) is 11.9 Å². The number of carbonyl (C=O) groups excluding carboxylic acids is 1. The van der Waals surface area contributed by atoms with Gasteiger partial charge in [-0.1, -0.05) is 0 Å². The number of methoxy groups -OCH3 is 1. The van der Waals surface area contributed by atoms with Crippen molar-refractivity contribution in [3.8, 4) is 0 Å². The van der Waals surface area contributed by atoms with Crippen molar-refractivity contribution >= 4 is 24.3 Å². The van der Waals surface area contributed by atoms with Gasteiger partial charge in [0.1, 0.15) is 0 Å². The first-order chi connectivity index (χ1) is 13.9. The molecule has 0 radical (unpaired) electrons. The molecule has 28 heavy (non-hydrogen) atoms. The molecule has 0 bridgehead atoms. The molecule has 1 aliphatic rings. The van der Waals surface area contributed by atoms with Gasteiger partial charge in [0.15, 0.2) is 0 Å². The molecule has 1 saturated carbocycles. The van der Waals surface area contributed by atoms with Gasteiger partial charge in [0.05, 0.1) is 0 Å². The van der Waals surface area contributed by atoms with E-state index in [1.165, 1.54) is 63.4 Å². The van der Waals surface area contributed by atoms with Crippen molar-refractivity contribution in [2.24, 2.45) is 11.8 Å². The molecule has 2 atom stereocenters. The zero-order chi connectivity index (χ0) is 21.8. The molecule has 1 rings (SSSR count). The summed E-state index contributed by atoms with van der Waals surface area (Å²) in [6.45, 7) is 11.4. The average Bonchev–Trinajstić information content (AvgIpc) is 2.86. The maximum absolute atomic E-state index is 11.9. The second-order valence-electron chi connectivity index (χ2n) is 9.16. The fraction of sp³-hybridized carbons (Fsp3) is 0.880. The Morgan fingerprint density at radius 1 is 1.04 bits per heavy atom. The van der Waals surface area contributed by atoms with Crippen LogP contribution in [0.2, 0.25) is 17.7 Å². The molecule has 0 amide bonds. The molecule has 0 saturated heterocycles. The first-order valence-electron chi connectivity index (χ1n) is 12.6. The van der Waals surface area contributed by atoms with E-state index in [4.69, 9.17) is 4.74 Å². The van der Waals surface area contributed by atoms with Crippen molar-refractivity contribution in [1.29, 1.82) is 0 Å². The molecule has 0 aromatic carbocycles. The molecule has 164 valence electrons. The molecule has 0 aromatic rings. The second kappa shape index (κ2) is 14.9. The molecule has 0 spiro atoms. The zero-order valence-electron chi connectivity index (χ0n) is 20.4. The van der Waals surface area contributed by atoms with Gasteiger partial charge in [0.2, 0.25) is 0 Å². The molecule has 0 aliphatic heterocycles. The fourth-order valence-electron chi connectivity index (χ4n) is 4.97. The average molecular weight is 500 g/mol. The van der Waals surface area contributed by atoms with Crippen molar-refractivity contribution in [1.82, 2.24) is 0 Å². The Bertz CT molecular complexity index is 471. The van der Waals surface area contributed by atoms with Gasteiger partial charge >= 0.3 is 182 Å². The number of carbonyl (C=O) groups is 1. The summed E-state index contributed by atoms with van der Waals surface area (Å²) >= 11 is -2.24. The zero-order valence-corrected chi connectivity index (χ0v) is 22.3. The van der Waals surface area contributed by atoms with E-state index >= 15 is 0 Å². The molecule has 0 aromatic heterocycles. The number of hydrogen-bond acceptors (Lipinski definition) is 2. The second-order valence-corrected chi connectivity index (χ2v) is 23.4. The van der Waals surface area contributed by atoms with Crippen molar-refractivity contribution < 1.29 is 10.9 Å². The molecule has 1 fully saturated rings. The normalized spacial score (nSPS) is 23.9. The first kappa shape index (κ1) is 24.3. The Balaban J connectivity index is 2.96. The third-order valence-corrected chi connectivity index (χ3v) is 22.9. The van der Waals surface area contributed by atoms with Crippen LogP contribution in [-0.2, 0) is 9.53 Å². The molecule has 0 N–H and O–H groups in total. The van der Waals surface area contributed by atoms with E-state index < -0.39 is 24.3 Å². The maximum atomic E-state index is 11.9. The summed E-state index contributed by atoms with van der Waals surface area (Å²) in [5.41, 5.74) is 1.03. The summed E-state index contributed by atoms with van der Waals surface area (Å²) < 4.78 is 20.2. The molecular weight excluding hydrogens is 451 g/mol. The van der Waals surface area contributed by atoms with E-state index in [9.17, 15) is 6.17 Å². The summed E-state index contributed by atoms with van der Waals surface area (Å²) in [7, 11) is 1.47. The third kappa shape index (κ3) is 9.22. The van der Waals surface area contributed by atoms with Crippen LogP contribution in [0.5, 0.6) is 0 Å². The topological polar surface area (TPSA) is 26.3 Å². The van der Waals surface area contributed by atoms with Gasteiger partial charge in [-0.2, -0.15) is 0 Å². The van der Waals surface area contributed by atoms with Crippen LogP contribution in [-0.4, -0.2) is 31.5 Å². The third-order valence-electron chi connectivity index (χ3n) is 7.01. The van der Waals surface area contributed by atoms with E-state index in [1.807, 2.05) is 0 Å². The van der Waals surface area contributed by atoms with Gasteiger partial charge in [0.25, 0.3) is 0 Å². The van der Waals surface area contributed by atoms with E-state index in [0.717, 1.165) is 37.7 Å². The summed E-state index contributed by atoms with van der Waals surface area (Å²) in [5, 5.41) is 0. The Kier molecular flexibility index (Phi) is 12.9. The van der Waals surface area contributed by atoms with Crippen LogP contribution in [0.4, 0.5) is 0 Å². The van der Waals surface area contributed by atoms with Crippen LogP contribution in [0.3, 0.4) is 0 Å². The first-order valence-corrected chi connectivity index (χ1v) is 20.2. The van der Waals surface area contributed by atoms with Crippen LogP contribution in [0.15, 0.2) is 12.2 Å². The Labute approximate surface area is 181 Å². The quantitative estimate of drug-likeness (QED) is 0.104. The number of ether oxygens (including phenoxy) is 1. The minimum atomic E-state index is -2.24. The van der Waals surface area contributed by atoms with Gasteiger partial charge in [-0.05, 0) is 0 Å². The summed E-state index contributed by atoms with van der Waals surface area (Å²) in [6, 6.07) is 0. The number of esters is 1. The number of hydrogen-bond donors (Lipinski definition) is 0. The van der Waals surface area contributed by atoms with Gasteiger partial charge in [-0.15, -0.1) is 0 Å². The van der Waals surface area contributed by atoms with Crippen LogP contribution < -0.4 is 0 Å². The van der Waals surface area contributed by atoms with Crippen molar-refractivity contribution in [3.63, 3.8) is 0 Å². The van der Waals surface area contributed by atoms with Crippen LogP contribution in [0.1, 0.15) is 99.2 Å². The molecule has 3 heteroatoms. The fourth-order valence-corrected chi connectivity index (χ4v) is 21.1. The van der Waals surface area contributed by atoms with E-state index in [1.54, 1.807) is 0 Å². The van der Waals surface area contributed by atoms with Gasteiger partial charge in [0, 0.05) is 0 Å². The Hall–Kier alpha value is 0.00870. The van der Waals surface area contributed by atoms with Crippen LogP contribution in [0.25, 0.3) is 0 Å². The molecule has 1 aliphatic carbocycles. The van der Waals surface area contributed by atoms with E-state index in [0.29, 0.717) is 6.42 Å². The number of rotatable bonds is 14. The summed E-state index contributed by atoms with van der Waals surface area (Å²) in [4.78, 5) is 11.9. The number of allylic oxidation sites excluding steroid dienone is 1. The predicted molar refractivity (Wildman–Crippen MR) is 126 cm³/mol. The van der Waals surface area contributed by atoms with Crippen molar-refractivity contribution in [3.05, 3.63) is 12.2 Å². The molecule has 2 nitrogen and oxygen atoms in total. The van der Waals surface area contributed by atoms with Crippen LogP contribution >= 0.6 is 0 Å². The standard InChI is InChI=1S/C13H21O2.3C4H9.Sn/c1-4-11-7-5-6-8-12(10(11)2)9-13(14)15-3;3*1-3-4-2;/h11-12H,1-2,4-9H2,3H3;3*1,3-4H2,2H3;/i11D;;;;. The Morgan fingerprint density at radius 2 is 1.57 bits per heavy atom. The van der Waals surface area contributed by atoms with Gasteiger partial charge in [-0.3, -0.25) is 0 Å². The Morgan fingerprint density at radius 3 is 2.07 bits per heavy atom. The SMILES string of the molecule is [2H]C1(C[CH2][Sn]([CH2]CCC)([CH2]CCC)[CH2]CCC)CCCCC(CC(=O)OC)C1=C. The summed E-state index contributed by atoms with van der Waals surface area (Å²) in [5.74, 6) is -0.543. The van der Waals surface area contributed by atoms with Crippen molar-refractivity contribution in [2.45, 2.75) is 116 Å². The van der Waals surface area contributed by atoms with Crippen molar-refractivity contribution in [2.75, 3.05) is 7.11 Å².